The molecule has 0 aromatic heterocycles. The molecule has 7 nitrogen and oxygen atoms in total. The van der Waals surface area contributed by atoms with Crippen LogP contribution in [0.15, 0.2) is 0 Å². The van der Waals surface area contributed by atoms with E-state index < -0.39 is 30.0 Å². The molecule has 0 aliphatic carbocycles. The number of nitrogens with one attached hydrogen (secondary N) is 1. The predicted molar refractivity (Wildman–Crippen MR) is 38.3 cm³/mol. The number of carbonyl (C=O) groups is 1. The van der Waals surface area contributed by atoms with Gasteiger partial charge in [-0.2, -0.15) is 5.48 Å². The molecule has 0 spiro atoms. The van der Waals surface area contributed by atoms with Gasteiger partial charge in [0.25, 0.3) is 0 Å². The molecule has 1 fully saturated rings. The van der Waals surface area contributed by atoms with E-state index in [-0.39, 0.29) is 0 Å². The maximum absolute atomic E-state index is 10.6. The first-order chi connectivity index (χ1) is 5.89. The fraction of sp³-hybridized carbons (Fsp3) is 0.833. The lowest BCUT2D eigenvalue weighted by molar-refractivity contribution is -0.274. The predicted octanol–water partition coefficient (Wildman–Crippen LogP) is -2.60. The summed E-state index contributed by atoms with van der Waals surface area (Å²) in [5.74, 6) is -1.43. The summed E-state index contributed by atoms with van der Waals surface area (Å²) in [6, 6.07) is 0. The number of hydrogen-bond donors (Lipinski definition) is 5. The Morgan fingerprint density at radius 1 is 1.46 bits per heavy atom. The van der Waals surface area contributed by atoms with Crippen molar-refractivity contribution in [2.45, 2.75) is 31.0 Å². The van der Waals surface area contributed by atoms with E-state index in [1.165, 1.54) is 0 Å². The highest BCUT2D eigenvalue weighted by molar-refractivity contribution is 5.78. The van der Waals surface area contributed by atoms with Gasteiger partial charge in [-0.25, -0.2) is 4.79 Å². The van der Waals surface area contributed by atoms with E-state index in [1.54, 1.807) is 0 Å². The molecule has 0 aromatic carbocycles. The van der Waals surface area contributed by atoms with Crippen molar-refractivity contribution in [2.75, 3.05) is 0 Å². The van der Waals surface area contributed by atoms with Crippen LogP contribution in [0.3, 0.4) is 0 Å². The zero-order valence-electron chi connectivity index (χ0n) is 6.84. The Balaban J connectivity index is 2.85. The molecule has 1 aliphatic rings. The van der Waals surface area contributed by atoms with E-state index in [1.807, 2.05) is 5.48 Å². The second-order valence-electron chi connectivity index (χ2n) is 3.01. The molecule has 0 saturated carbocycles. The molecule has 0 radical (unpaired) electrons. The van der Waals surface area contributed by atoms with Gasteiger partial charge in [-0.05, 0) is 6.92 Å². The molecule has 1 aliphatic heterocycles. The van der Waals surface area contributed by atoms with E-state index in [4.69, 9.17) is 15.3 Å². The van der Waals surface area contributed by atoms with Crippen molar-refractivity contribution in [3.63, 3.8) is 0 Å². The molecule has 1 saturated heterocycles. The smallest absolute Gasteiger partial charge is 0.340 e. The molecule has 4 atom stereocenters. The van der Waals surface area contributed by atoms with Crippen LogP contribution in [-0.4, -0.2) is 50.4 Å². The number of carboxylic acids is 1. The van der Waals surface area contributed by atoms with Gasteiger partial charge in [0.05, 0.1) is 0 Å². The first kappa shape index (κ1) is 10.4. The Bertz CT molecular complexity index is 221. The molecule has 0 unspecified atom stereocenters. The molecule has 0 amide bonds. The molecule has 76 valence electrons. The molecule has 1 rings (SSSR count). The Labute approximate surface area is 73.5 Å². The van der Waals surface area contributed by atoms with Crippen LogP contribution in [0, 0.1) is 0 Å². The Hall–Kier alpha value is -0.730. The van der Waals surface area contributed by atoms with E-state index in [0.717, 1.165) is 6.92 Å². The van der Waals surface area contributed by atoms with Crippen LogP contribution >= 0.6 is 0 Å². The van der Waals surface area contributed by atoms with Gasteiger partial charge in [-0.3, -0.25) is 4.84 Å². The number of aliphatic hydroxyl groups excluding tert-OH is 3. The Morgan fingerprint density at radius 3 is 2.46 bits per heavy atom. The van der Waals surface area contributed by atoms with Gasteiger partial charge in [-0.1, -0.05) is 0 Å². The number of aliphatic hydroxyl groups is 3. The van der Waals surface area contributed by atoms with Crippen LogP contribution in [0.2, 0.25) is 0 Å². The minimum Gasteiger partial charge on any atom is -0.479 e. The number of carboxylic acid groups (broad SMARTS) is 1. The topological polar surface area (TPSA) is 119 Å². The first-order valence-corrected chi connectivity index (χ1v) is 3.60. The number of aliphatic carboxylic acids is 1. The van der Waals surface area contributed by atoms with Crippen molar-refractivity contribution in [3.05, 3.63) is 0 Å². The molecule has 0 aromatic rings. The van der Waals surface area contributed by atoms with Gasteiger partial charge in [0.15, 0.2) is 6.23 Å². The van der Waals surface area contributed by atoms with Gasteiger partial charge >= 0.3 is 5.97 Å². The maximum atomic E-state index is 10.6. The quantitative estimate of drug-likeness (QED) is 0.310. The SMILES string of the molecule is C[C@]1(C(=O)O)ON[C@@H](O)[C@H](O)[C@H]1O. The number of hydroxylamine groups is 1. The average molecular weight is 193 g/mol. The molecule has 0 bridgehead atoms. The summed E-state index contributed by atoms with van der Waals surface area (Å²) in [6.45, 7) is 1.09. The van der Waals surface area contributed by atoms with Crippen molar-refractivity contribution in [2.24, 2.45) is 0 Å². The Kier molecular flexibility index (Phi) is 2.55. The second-order valence-corrected chi connectivity index (χ2v) is 3.01. The van der Waals surface area contributed by atoms with Crippen LogP contribution in [0.5, 0.6) is 0 Å². The molecule has 5 N–H and O–H groups in total. The van der Waals surface area contributed by atoms with E-state index in [2.05, 4.69) is 4.84 Å². The van der Waals surface area contributed by atoms with Crippen molar-refractivity contribution in [1.82, 2.24) is 5.48 Å². The van der Waals surface area contributed by atoms with E-state index in [9.17, 15) is 9.90 Å². The maximum Gasteiger partial charge on any atom is 0.340 e. The second kappa shape index (κ2) is 3.20. The van der Waals surface area contributed by atoms with Crippen LogP contribution < -0.4 is 5.48 Å². The average Bonchev–Trinajstić information content (AvgIpc) is 2.08. The zero-order chi connectivity index (χ0) is 10.2. The lowest BCUT2D eigenvalue weighted by atomic mass is 9.93. The monoisotopic (exact) mass is 193 g/mol. The summed E-state index contributed by atoms with van der Waals surface area (Å²) < 4.78 is 0. The minimum atomic E-state index is -1.96. The summed E-state index contributed by atoms with van der Waals surface area (Å²) in [7, 11) is 0. The highest BCUT2D eigenvalue weighted by Crippen LogP contribution is 2.23. The standard InChI is InChI=1S/C6H11NO6/c1-6(5(11)12)3(9)2(8)4(10)7-13-6/h2-4,7-10H,1H3,(H,11,12)/t2-,3-,4+,6+/m1/s1. The van der Waals surface area contributed by atoms with Gasteiger partial charge < -0.3 is 20.4 Å². The van der Waals surface area contributed by atoms with Gasteiger partial charge in [0, 0.05) is 0 Å². The van der Waals surface area contributed by atoms with Crippen molar-refractivity contribution in [3.8, 4) is 0 Å². The minimum absolute atomic E-state index is 1.09. The van der Waals surface area contributed by atoms with Crippen LogP contribution in [0.25, 0.3) is 0 Å². The molecule has 1 heterocycles. The summed E-state index contributed by atoms with van der Waals surface area (Å²) in [4.78, 5) is 15.1. The number of rotatable bonds is 1. The molecular formula is C6H11NO6. The highest BCUT2D eigenvalue weighted by Gasteiger charge is 2.52. The highest BCUT2D eigenvalue weighted by atomic mass is 16.7. The summed E-state index contributed by atoms with van der Waals surface area (Å²) in [5, 5.41) is 36.0. The van der Waals surface area contributed by atoms with Gasteiger partial charge in [0.1, 0.15) is 12.2 Å². The fourth-order valence-corrected chi connectivity index (χ4v) is 0.982. The van der Waals surface area contributed by atoms with Crippen LogP contribution in [0.1, 0.15) is 6.92 Å². The summed E-state index contributed by atoms with van der Waals surface area (Å²) >= 11 is 0. The fourth-order valence-electron chi connectivity index (χ4n) is 0.982. The third kappa shape index (κ3) is 1.52. The third-order valence-electron chi connectivity index (χ3n) is 2.03. The zero-order valence-corrected chi connectivity index (χ0v) is 6.84. The first-order valence-electron chi connectivity index (χ1n) is 3.60. The third-order valence-corrected chi connectivity index (χ3v) is 2.03. The molecule has 13 heavy (non-hydrogen) atoms. The molecular weight excluding hydrogens is 182 g/mol. The summed E-state index contributed by atoms with van der Waals surface area (Å²) in [5.41, 5.74) is -0.0609. The van der Waals surface area contributed by atoms with Gasteiger partial charge in [0.2, 0.25) is 5.60 Å². The lowest BCUT2D eigenvalue weighted by Crippen LogP contribution is -2.66. The van der Waals surface area contributed by atoms with Crippen LogP contribution in [0.4, 0.5) is 0 Å². The normalized spacial score (nSPS) is 46.0. The lowest BCUT2D eigenvalue weighted by Gasteiger charge is -2.39. The van der Waals surface area contributed by atoms with Crippen molar-refractivity contribution >= 4 is 5.97 Å². The summed E-state index contributed by atoms with van der Waals surface area (Å²) in [6.07, 6.45) is -4.79. The van der Waals surface area contributed by atoms with Crippen molar-refractivity contribution < 1.29 is 30.1 Å². The Morgan fingerprint density at radius 2 is 2.00 bits per heavy atom. The number of hydrogen-bond acceptors (Lipinski definition) is 6. The van der Waals surface area contributed by atoms with E-state index in [0.29, 0.717) is 0 Å². The van der Waals surface area contributed by atoms with E-state index >= 15 is 0 Å². The molecule has 7 heteroatoms. The largest absolute Gasteiger partial charge is 0.479 e. The van der Waals surface area contributed by atoms with Gasteiger partial charge in [-0.15, -0.1) is 0 Å². The van der Waals surface area contributed by atoms with Crippen LogP contribution in [-0.2, 0) is 9.63 Å². The van der Waals surface area contributed by atoms with Crippen molar-refractivity contribution in [1.29, 1.82) is 0 Å².